The van der Waals surface area contributed by atoms with Gasteiger partial charge in [-0.3, -0.25) is 14.5 Å². The molecule has 0 aliphatic carbocycles. The molecule has 1 aliphatic heterocycles. The van der Waals surface area contributed by atoms with Crippen LogP contribution in [0.25, 0.3) is 0 Å². The van der Waals surface area contributed by atoms with Gasteiger partial charge in [-0.25, -0.2) is 0 Å². The van der Waals surface area contributed by atoms with Crippen LogP contribution in [0.4, 0.5) is 0 Å². The smallest absolute Gasteiger partial charge is 0.229 e. The summed E-state index contributed by atoms with van der Waals surface area (Å²) < 4.78 is 11.1. The molecule has 1 aromatic carbocycles. The molecule has 1 fully saturated rings. The minimum atomic E-state index is -0.173. The Kier molecular flexibility index (Phi) is 7.87. The van der Waals surface area contributed by atoms with Crippen LogP contribution in [0.5, 0.6) is 5.75 Å². The van der Waals surface area contributed by atoms with Crippen LogP contribution in [0.15, 0.2) is 24.3 Å². The van der Waals surface area contributed by atoms with E-state index >= 15 is 0 Å². The van der Waals surface area contributed by atoms with Crippen molar-refractivity contribution in [3.8, 4) is 5.75 Å². The highest BCUT2D eigenvalue weighted by Crippen LogP contribution is 2.47. The van der Waals surface area contributed by atoms with E-state index in [9.17, 15) is 9.59 Å². The van der Waals surface area contributed by atoms with Gasteiger partial charge < -0.3 is 9.47 Å². The van der Waals surface area contributed by atoms with Gasteiger partial charge in [0.15, 0.2) is 0 Å². The summed E-state index contributed by atoms with van der Waals surface area (Å²) in [5.41, 5.74) is 0.818. The SMILES string of the molecule is CCC(=O)N(Cc1ccc(OC)cc1)C(=O)CCC1(C(C)C)CCOC(C)(C)C1. The summed E-state index contributed by atoms with van der Waals surface area (Å²) in [4.78, 5) is 27.0. The lowest BCUT2D eigenvalue weighted by Gasteiger charge is -2.48. The van der Waals surface area contributed by atoms with E-state index in [0.717, 1.165) is 37.2 Å². The zero-order chi connectivity index (χ0) is 21.7. The minimum Gasteiger partial charge on any atom is -0.497 e. The number of nitrogens with zero attached hydrogens (tertiary/aromatic N) is 1. The molecule has 1 aromatic rings. The van der Waals surface area contributed by atoms with Gasteiger partial charge in [0.25, 0.3) is 0 Å². The maximum atomic E-state index is 13.1. The predicted molar refractivity (Wildman–Crippen MR) is 115 cm³/mol. The molecule has 1 unspecified atom stereocenters. The fraction of sp³-hybridized carbons (Fsp3) is 0.667. The molecule has 162 valence electrons. The van der Waals surface area contributed by atoms with Crippen LogP contribution in [0, 0.1) is 11.3 Å². The van der Waals surface area contributed by atoms with Crippen molar-refractivity contribution in [1.29, 1.82) is 0 Å². The molecular weight excluding hydrogens is 366 g/mol. The Morgan fingerprint density at radius 1 is 1.17 bits per heavy atom. The van der Waals surface area contributed by atoms with Crippen molar-refractivity contribution in [3.63, 3.8) is 0 Å². The molecule has 2 rings (SSSR count). The molecule has 0 saturated carbocycles. The zero-order valence-corrected chi connectivity index (χ0v) is 18.9. The van der Waals surface area contributed by atoms with Crippen molar-refractivity contribution in [2.24, 2.45) is 11.3 Å². The number of methoxy groups -OCH3 is 1. The number of hydrogen-bond donors (Lipinski definition) is 0. The summed E-state index contributed by atoms with van der Waals surface area (Å²) >= 11 is 0. The third kappa shape index (κ3) is 6.05. The maximum Gasteiger partial charge on any atom is 0.229 e. The summed E-state index contributed by atoms with van der Waals surface area (Å²) in [5, 5.41) is 0. The van der Waals surface area contributed by atoms with Gasteiger partial charge in [0.2, 0.25) is 11.8 Å². The largest absolute Gasteiger partial charge is 0.497 e. The first-order valence-electron chi connectivity index (χ1n) is 10.7. The van der Waals surface area contributed by atoms with Gasteiger partial charge in [0, 0.05) is 19.4 Å². The van der Waals surface area contributed by atoms with Crippen molar-refractivity contribution in [2.75, 3.05) is 13.7 Å². The molecule has 29 heavy (non-hydrogen) atoms. The quantitative estimate of drug-likeness (QED) is 0.615. The van der Waals surface area contributed by atoms with Crippen LogP contribution in [0.2, 0.25) is 0 Å². The Morgan fingerprint density at radius 2 is 1.83 bits per heavy atom. The van der Waals surface area contributed by atoms with Crippen LogP contribution >= 0.6 is 0 Å². The molecule has 1 heterocycles. The lowest BCUT2D eigenvalue weighted by Crippen LogP contribution is -2.45. The molecule has 0 aromatic heterocycles. The number of ether oxygens (including phenoxy) is 2. The fourth-order valence-electron chi connectivity index (χ4n) is 4.42. The highest BCUT2D eigenvalue weighted by atomic mass is 16.5. The Balaban J connectivity index is 2.11. The summed E-state index contributed by atoms with van der Waals surface area (Å²) in [6, 6.07) is 7.51. The third-order valence-electron chi connectivity index (χ3n) is 6.34. The van der Waals surface area contributed by atoms with Crippen molar-refractivity contribution in [3.05, 3.63) is 29.8 Å². The lowest BCUT2D eigenvalue weighted by atomic mass is 9.64. The molecule has 1 atom stereocenters. The zero-order valence-electron chi connectivity index (χ0n) is 18.9. The number of benzene rings is 1. The molecule has 2 amide bonds. The van der Waals surface area contributed by atoms with E-state index in [-0.39, 0.29) is 22.8 Å². The van der Waals surface area contributed by atoms with Crippen LogP contribution < -0.4 is 4.74 Å². The van der Waals surface area contributed by atoms with Gasteiger partial charge in [-0.15, -0.1) is 0 Å². The van der Waals surface area contributed by atoms with Crippen molar-refractivity contribution < 1.29 is 19.1 Å². The van der Waals surface area contributed by atoms with Crippen LogP contribution in [-0.4, -0.2) is 36.0 Å². The van der Waals surface area contributed by atoms with E-state index in [2.05, 4.69) is 27.7 Å². The maximum absolute atomic E-state index is 13.1. The van der Waals surface area contributed by atoms with E-state index in [1.54, 1.807) is 14.0 Å². The molecular formula is C24H37NO4. The summed E-state index contributed by atoms with van der Waals surface area (Å²) in [7, 11) is 1.62. The fourth-order valence-corrected chi connectivity index (χ4v) is 4.42. The van der Waals surface area contributed by atoms with Gasteiger partial charge in [-0.05, 0) is 62.1 Å². The van der Waals surface area contributed by atoms with Crippen molar-refractivity contribution in [1.82, 2.24) is 4.90 Å². The topological polar surface area (TPSA) is 55.8 Å². The Hall–Kier alpha value is -1.88. The van der Waals surface area contributed by atoms with Crippen molar-refractivity contribution >= 4 is 11.8 Å². The number of carbonyl (C=O) groups is 2. The number of rotatable bonds is 8. The van der Waals surface area contributed by atoms with E-state index < -0.39 is 0 Å². The molecule has 0 spiro atoms. The Morgan fingerprint density at radius 3 is 2.34 bits per heavy atom. The highest BCUT2D eigenvalue weighted by Gasteiger charge is 2.43. The number of carbonyl (C=O) groups excluding carboxylic acids is 2. The van der Waals surface area contributed by atoms with Crippen LogP contribution in [0.3, 0.4) is 0 Å². The standard InChI is InChI=1S/C24H37NO4/c1-7-21(26)25(16-19-8-10-20(28-6)11-9-19)22(27)12-13-24(18(2)3)14-15-29-23(4,5)17-24/h8-11,18H,7,12-17H2,1-6H3. The Labute approximate surface area is 175 Å². The predicted octanol–water partition coefficient (Wildman–Crippen LogP) is 4.97. The van der Waals surface area contributed by atoms with Gasteiger partial charge in [-0.1, -0.05) is 32.9 Å². The second-order valence-electron chi connectivity index (χ2n) is 9.13. The summed E-state index contributed by atoms with van der Waals surface area (Å²) in [6.07, 6.45) is 3.38. The van der Waals surface area contributed by atoms with Gasteiger partial charge in [-0.2, -0.15) is 0 Å². The molecule has 5 heteroatoms. The van der Waals surface area contributed by atoms with Crippen molar-refractivity contribution in [2.45, 2.75) is 78.9 Å². The molecule has 0 radical (unpaired) electrons. The lowest BCUT2D eigenvalue weighted by molar-refractivity contribution is -0.148. The first-order valence-corrected chi connectivity index (χ1v) is 10.7. The number of amides is 2. The third-order valence-corrected chi connectivity index (χ3v) is 6.34. The van der Waals surface area contributed by atoms with Gasteiger partial charge in [0.1, 0.15) is 5.75 Å². The molecule has 5 nitrogen and oxygen atoms in total. The van der Waals surface area contributed by atoms with Crippen LogP contribution in [0.1, 0.15) is 72.3 Å². The molecule has 1 aliphatic rings. The normalized spacial score (nSPS) is 21.1. The van der Waals surface area contributed by atoms with E-state index in [1.807, 2.05) is 24.3 Å². The van der Waals surface area contributed by atoms with Crippen LogP contribution in [-0.2, 0) is 20.9 Å². The van der Waals surface area contributed by atoms with E-state index in [0.29, 0.717) is 25.3 Å². The van der Waals surface area contributed by atoms with E-state index in [4.69, 9.17) is 9.47 Å². The molecule has 0 bridgehead atoms. The average molecular weight is 404 g/mol. The monoisotopic (exact) mass is 403 g/mol. The first kappa shape index (κ1) is 23.4. The second kappa shape index (κ2) is 9.75. The average Bonchev–Trinajstić information content (AvgIpc) is 2.69. The summed E-state index contributed by atoms with van der Waals surface area (Å²) in [6.45, 7) is 11.6. The van der Waals surface area contributed by atoms with Gasteiger partial charge >= 0.3 is 0 Å². The minimum absolute atomic E-state index is 0.0679. The number of imide groups is 1. The number of hydrogen-bond acceptors (Lipinski definition) is 4. The first-order chi connectivity index (χ1) is 13.6. The Bertz CT molecular complexity index is 695. The molecule has 1 saturated heterocycles. The molecule has 0 N–H and O–H groups in total. The summed E-state index contributed by atoms with van der Waals surface area (Å²) in [5.74, 6) is 0.999. The second-order valence-corrected chi connectivity index (χ2v) is 9.13. The van der Waals surface area contributed by atoms with E-state index in [1.165, 1.54) is 4.90 Å². The highest BCUT2D eigenvalue weighted by molar-refractivity contribution is 5.95. The van der Waals surface area contributed by atoms with Gasteiger partial charge in [0.05, 0.1) is 19.3 Å².